The second kappa shape index (κ2) is 6.04. The van der Waals surface area contributed by atoms with E-state index < -0.39 is 17.8 Å². The molecule has 1 saturated heterocycles. The molecule has 100 valence electrons. The lowest BCUT2D eigenvalue weighted by Gasteiger charge is -2.32. The van der Waals surface area contributed by atoms with E-state index in [0.29, 0.717) is 17.9 Å². The molecular weight excluding hydrogens is 267 g/mol. The third kappa shape index (κ3) is 3.06. The summed E-state index contributed by atoms with van der Waals surface area (Å²) in [6.07, 6.45) is 0. The van der Waals surface area contributed by atoms with Crippen molar-refractivity contribution in [1.82, 2.24) is 4.90 Å². The lowest BCUT2D eigenvalue weighted by molar-refractivity contribution is -0.142. The van der Waals surface area contributed by atoms with Crippen LogP contribution >= 0.6 is 11.8 Å². The molecule has 2 rings (SSSR count). The lowest BCUT2D eigenvalue weighted by Crippen LogP contribution is -2.46. The van der Waals surface area contributed by atoms with Crippen molar-refractivity contribution in [2.24, 2.45) is 0 Å². The first-order chi connectivity index (χ1) is 9.13. The summed E-state index contributed by atoms with van der Waals surface area (Å²) in [6.45, 7) is 0.830. The molecule has 1 unspecified atom stereocenters. The smallest absolute Gasteiger partial charge is 0.321 e. The summed E-state index contributed by atoms with van der Waals surface area (Å²) in [5, 5.41) is 17.9. The van der Waals surface area contributed by atoms with E-state index in [4.69, 9.17) is 10.4 Å². The Morgan fingerprint density at radius 3 is 3.11 bits per heavy atom. The zero-order valence-corrected chi connectivity index (χ0v) is 11.0. The number of hydrogen-bond acceptors (Lipinski definition) is 4. The Labute approximate surface area is 114 Å². The third-order valence-electron chi connectivity index (χ3n) is 3.10. The van der Waals surface area contributed by atoms with Crippen LogP contribution < -0.4 is 0 Å². The molecule has 6 heteroatoms. The number of thioether (sulfide) groups is 1. The van der Waals surface area contributed by atoms with Gasteiger partial charge in [-0.1, -0.05) is 12.1 Å². The molecule has 1 atom stereocenters. The predicted octanol–water partition coefficient (Wildman–Crippen LogP) is 1.70. The van der Waals surface area contributed by atoms with E-state index in [2.05, 4.69) is 0 Å². The summed E-state index contributed by atoms with van der Waals surface area (Å²) in [6, 6.07) is 5.83. The van der Waals surface area contributed by atoms with Gasteiger partial charge in [0.2, 0.25) is 0 Å². The molecule has 1 fully saturated rings. The minimum Gasteiger partial charge on any atom is -0.480 e. The molecule has 4 nitrogen and oxygen atoms in total. The van der Waals surface area contributed by atoms with Gasteiger partial charge >= 0.3 is 5.97 Å². The Hall–Kier alpha value is -1.58. The number of carboxylic acids is 1. The number of benzene rings is 1. The van der Waals surface area contributed by atoms with Crippen LogP contribution in [0.3, 0.4) is 0 Å². The molecule has 0 aliphatic carbocycles. The monoisotopic (exact) mass is 280 g/mol. The molecule has 1 heterocycles. The van der Waals surface area contributed by atoms with Gasteiger partial charge in [-0.05, 0) is 6.07 Å². The second-order valence-corrected chi connectivity index (χ2v) is 5.44. The zero-order valence-electron chi connectivity index (χ0n) is 10.2. The van der Waals surface area contributed by atoms with Crippen LogP contribution in [-0.2, 0) is 11.3 Å². The minimum absolute atomic E-state index is 0.00393. The predicted molar refractivity (Wildman–Crippen MR) is 70.3 cm³/mol. The van der Waals surface area contributed by atoms with Crippen LogP contribution in [0, 0.1) is 17.1 Å². The fourth-order valence-corrected chi connectivity index (χ4v) is 3.17. The molecule has 0 radical (unpaired) electrons. The van der Waals surface area contributed by atoms with E-state index in [-0.39, 0.29) is 12.1 Å². The summed E-state index contributed by atoms with van der Waals surface area (Å²) in [4.78, 5) is 12.9. The van der Waals surface area contributed by atoms with Crippen LogP contribution in [0.15, 0.2) is 18.2 Å². The van der Waals surface area contributed by atoms with Gasteiger partial charge in [-0.2, -0.15) is 17.0 Å². The van der Waals surface area contributed by atoms with Gasteiger partial charge < -0.3 is 5.11 Å². The highest BCUT2D eigenvalue weighted by Gasteiger charge is 2.29. The van der Waals surface area contributed by atoms with Crippen molar-refractivity contribution in [2.75, 3.05) is 18.1 Å². The van der Waals surface area contributed by atoms with Crippen molar-refractivity contribution in [2.45, 2.75) is 12.6 Å². The normalized spacial score (nSPS) is 19.9. The molecule has 1 aliphatic heterocycles. The number of nitriles is 1. The van der Waals surface area contributed by atoms with Gasteiger partial charge in [0.25, 0.3) is 0 Å². The molecule has 0 saturated carbocycles. The van der Waals surface area contributed by atoms with Crippen molar-refractivity contribution in [3.63, 3.8) is 0 Å². The number of hydrogen-bond donors (Lipinski definition) is 1. The van der Waals surface area contributed by atoms with Crippen molar-refractivity contribution in [3.05, 3.63) is 35.1 Å². The van der Waals surface area contributed by atoms with E-state index in [9.17, 15) is 9.18 Å². The van der Waals surface area contributed by atoms with Crippen molar-refractivity contribution < 1.29 is 14.3 Å². The number of carbonyl (C=O) groups is 1. The highest BCUT2D eigenvalue weighted by molar-refractivity contribution is 7.99. The number of aliphatic carboxylic acids is 1. The Balaban J connectivity index is 2.20. The maximum atomic E-state index is 14.0. The Morgan fingerprint density at radius 2 is 2.42 bits per heavy atom. The van der Waals surface area contributed by atoms with Crippen molar-refractivity contribution in [1.29, 1.82) is 5.26 Å². The van der Waals surface area contributed by atoms with Crippen molar-refractivity contribution >= 4 is 17.7 Å². The number of halogens is 1. The van der Waals surface area contributed by atoms with Gasteiger partial charge in [0.1, 0.15) is 17.9 Å². The molecule has 1 aromatic carbocycles. The van der Waals surface area contributed by atoms with E-state index in [1.54, 1.807) is 34.9 Å². The van der Waals surface area contributed by atoms with Crippen LogP contribution in [0.25, 0.3) is 0 Å². The molecule has 1 N–H and O–H groups in total. The first kappa shape index (κ1) is 13.8. The van der Waals surface area contributed by atoms with Crippen molar-refractivity contribution in [3.8, 4) is 6.07 Å². The molecule has 0 bridgehead atoms. The third-order valence-corrected chi connectivity index (χ3v) is 4.12. The highest BCUT2D eigenvalue weighted by Crippen LogP contribution is 2.21. The van der Waals surface area contributed by atoms with E-state index in [1.165, 1.54) is 6.07 Å². The number of carboxylic acid groups (broad SMARTS) is 1. The highest BCUT2D eigenvalue weighted by atomic mass is 32.2. The van der Waals surface area contributed by atoms with Gasteiger partial charge in [-0.3, -0.25) is 9.69 Å². The fraction of sp³-hybridized carbons (Fsp3) is 0.385. The molecule has 0 amide bonds. The van der Waals surface area contributed by atoms with Gasteiger partial charge in [-0.25, -0.2) is 4.39 Å². The summed E-state index contributed by atoms with van der Waals surface area (Å²) in [5.41, 5.74) is 0.368. The minimum atomic E-state index is -0.885. The van der Waals surface area contributed by atoms with Gasteiger partial charge in [0, 0.05) is 30.2 Å². The fourth-order valence-electron chi connectivity index (χ4n) is 2.06. The van der Waals surface area contributed by atoms with Crippen LogP contribution in [0.4, 0.5) is 4.39 Å². The topological polar surface area (TPSA) is 64.3 Å². The van der Waals surface area contributed by atoms with Crippen LogP contribution in [0.1, 0.15) is 11.1 Å². The lowest BCUT2D eigenvalue weighted by atomic mass is 10.1. The maximum Gasteiger partial charge on any atom is 0.321 e. The summed E-state index contributed by atoms with van der Waals surface area (Å²) in [7, 11) is 0. The van der Waals surface area contributed by atoms with Crippen LogP contribution in [0.5, 0.6) is 0 Å². The summed E-state index contributed by atoms with van der Waals surface area (Å²) >= 11 is 1.59. The zero-order chi connectivity index (χ0) is 13.8. The Kier molecular flexibility index (Phi) is 4.40. The first-order valence-corrected chi connectivity index (χ1v) is 7.01. The summed E-state index contributed by atoms with van der Waals surface area (Å²) < 4.78 is 14.0. The van der Waals surface area contributed by atoms with Gasteiger partial charge in [0.05, 0.1) is 5.56 Å². The van der Waals surface area contributed by atoms with Crippen LogP contribution in [-0.4, -0.2) is 40.1 Å². The molecular formula is C13H13FN2O2S. The number of rotatable bonds is 3. The molecule has 19 heavy (non-hydrogen) atoms. The van der Waals surface area contributed by atoms with E-state index >= 15 is 0 Å². The van der Waals surface area contributed by atoms with Gasteiger partial charge in [-0.15, -0.1) is 0 Å². The molecule has 1 aliphatic rings. The maximum absolute atomic E-state index is 14.0. The largest absolute Gasteiger partial charge is 0.480 e. The standard InChI is InChI=1S/C13H13FN2O2S/c14-12-9(6-15)2-1-3-10(12)7-16-4-5-19-8-11(16)13(17)18/h1-3,11H,4-5,7-8H2,(H,17,18). The number of nitrogens with zero attached hydrogens (tertiary/aromatic N) is 2. The SMILES string of the molecule is N#Cc1cccc(CN2CCSCC2C(=O)O)c1F. The second-order valence-electron chi connectivity index (χ2n) is 4.29. The molecule has 0 aromatic heterocycles. The van der Waals surface area contributed by atoms with Gasteiger partial charge in [0.15, 0.2) is 0 Å². The van der Waals surface area contributed by atoms with E-state index in [0.717, 1.165) is 5.75 Å². The quantitative estimate of drug-likeness (QED) is 0.913. The van der Waals surface area contributed by atoms with Crippen LogP contribution in [0.2, 0.25) is 0 Å². The molecule has 0 spiro atoms. The van der Waals surface area contributed by atoms with E-state index in [1.807, 2.05) is 0 Å². The molecule has 1 aromatic rings. The Bertz CT molecular complexity index is 530. The summed E-state index contributed by atoms with van der Waals surface area (Å²) in [5.74, 6) is -0.0884. The first-order valence-electron chi connectivity index (χ1n) is 5.85. The average molecular weight is 280 g/mol. The average Bonchev–Trinajstić information content (AvgIpc) is 2.41. The Morgan fingerprint density at radius 1 is 1.63 bits per heavy atom.